The Morgan fingerprint density at radius 3 is 3.06 bits per heavy atom. The van der Waals surface area contributed by atoms with Crippen molar-refractivity contribution in [2.75, 3.05) is 5.32 Å². The highest BCUT2D eigenvalue weighted by Crippen LogP contribution is 2.15. The maximum absolute atomic E-state index is 11.1. The Labute approximate surface area is 96.2 Å². The van der Waals surface area contributed by atoms with Gasteiger partial charge in [0.25, 0.3) is 5.56 Å². The Morgan fingerprint density at radius 2 is 2.38 bits per heavy atom. The van der Waals surface area contributed by atoms with Crippen molar-refractivity contribution < 1.29 is 0 Å². The summed E-state index contributed by atoms with van der Waals surface area (Å²) in [5.41, 5.74) is 1.10. The largest absolute Gasteiger partial charge is 0.378 e. The summed E-state index contributed by atoms with van der Waals surface area (Å²) >= 11 is 5.80. The van der Waals surface area contributed by atoms with E-state index in [4.69, 9.17) is 11.6 Å². The van der Waals surface area contributed by atoms with E-state index in [0.29, 0.717) is 12.2 Å². The third-order valence-electron chi connectivity index (χ3n) is 2.04. The summed E-state index contributed by atoms with van der Waals surface area (Å²) in [5.74, 6) is 0. The number of anilines is 1. The molecule has 0 fully saturated rings. The Bertz CT molecular complexity index is 547. The van der Waals surface area contributed by atoms with Crippen molar-refractivity contribution in [2.45, 2.75) is 6.54 Å². The van der Waals surface area contributed by atoms with Gasteiger partial charge in [0, 0.05) is 25.4 Å². The van der Waals surface area contributed by atoms with E-state index >= 15 is 0 Å². The van der Waals surface area contributed by atoms with Crippen LogP contribution in [0.25, 0.3) is 0 Å². The highest BCUT2D eigenvalue weighted by atomic mass is 35.5. The molecule has 0 amide bonds. The van der Waals surface area contributed by atoms with Gasteiger partial charge in [0.1, 0.15) is 5.02 Å². The molecule has 0 aromatic carbocycles. The molecular weight excluding hydrogens is 230 g/mol. The molecule has 0 unspecified atom stereocenters. The molecule has 2 heterocycles. The van der Waals surface area contributed by atoms with E-state index in [1.165, 1.54) is 6.20 Å². The summed E-state index contributed by atoms with van der Waals surface area (Å²) in [5, 5.41) is 13.1. The van der Waals surface area contributed by atoms with Gasteiger partial charge in [-0.2, -0.15) is 10.2 Å². The average Bonchev–Trinajstić information content (AvgIpc) is 2.67. The molecule has 16 heavy (non-hydrogen) atoms. The van der Waals surface area contributed by atoms with E-state index in [-0.39, 0.29) is 5.02 Å². The molecule has 2 rings (SSSR count). The quantitative estimate of drug-likeness (QED) is 0.830. The molecule has 0 atom stereocenters. The number of nitrogens with zero attached hydrogens (tertiary/aromatic N) is 3. The monoisotopic (exact) mass is 239 g/mol. The van der Waals surface area contributed by atoms with Crippen LogP contribution in [0.4, 0.5) is 5.69 Å². The van der Waals surface area contributed by atoms with E-state index in [2.05, 4.69) is 20.6 Å². The van der Waals surface area contributed by atoms with Gasteiger partial charge in [-0.1, -0.05) is 11.6 Å². The normalized spacial score (nSPS) is 10.4. The predicted molar refractivity (Wildman–Crippen MR) is 60.4 cm³/mol. The minimum Gasteiger partial charge on any atom is -0.378 e. The number of nitrogens with one attached hydrogen (secondary N) is 2. The van der Waals surface area contributed by atoms with Crippen molar-refractivity contribution in [2.24, 2.45) is 7.05 Å². The highest BCUT2D eigenvalue weighted by Gasteiger charge is 2.04. The molecule has 0 radical (unpaired) electrons. The second-order valence-electron chi connectivity index (χ2n) is 3.30. The van der Waals surface area contributed by atoms with Gasteiger partial charge < -0.3 is 5.32 Å². The van der Waals surface area contributed by atoms with Crippen molar-refractivity contribution in [3.05, 3.63) is 39.5 Å². The SMILES string of the molecule is Cn1cc(CNc2cn[nH]c(=O)c2Cl)cn1. The molecule has 2 aromatic rings. The second kappa shape index (κ2) is 4.36. The average molecular weight is 240 g/mol. The zero-order chi connectivity index (χ0) is 11.5. The smallest absolute Gasteiger partial charge is 0.285 e. The number of hydrogen-bond donors (Lipinski definition) is 2. The lowest BCUT2D eigenvalue weighted by molar-refractivity contribution is 0.767. The van der Waals surface area contributed by atoms with Crippen LogP contribution in [-0.2, 0) is 13.6 Å². The number of aryl methyl sites for hydroxylation is 1. The van der Waals surface area contributed by atoms with Gasteiger partial charge in [0.2, 0.25) is 0 Å². The zero-order valence-electron chi connectivity index (χ0n) is 8.57. The third-order valence-corrected chi connectivity index (χ3v) is 2.41. The molecule has 7 heteroatoms. The number of rotatable bonds is 3. The van der Waals surface area contributed by atoms with E-state index in [1.54, 1.807) is 10.9 Å². The lowest BCUT2D eigenvalue weighted by Gasteiger charge is -2.04. The van der Waals surface area contributed by atoms with Gasteiger partial charge in [0.15, 0.2) is 0 Å². The topological polar surface area (TPSA) is 75.6 Å². The van der Waals surface area contributed by atoms with Crippen molar-refractivity contribution in [1.82, 2.24) is 20.0 Å². The van der Waals surface area contributed by atoms with Crippen LogP contribution in [0.2, 0.25) is 5.02 Å². The molecule has 2 aromatic heterocycles. The van der Waals surface area contributed by atoms with Crippen LogP contribution in [0.15, 0.2) is 23.4 Å². The fourth-order valence-electron chi connectivity index (χ4n) is 1.27. The van der Waals surface area contributed by atoms with Crippen molar-refractivity contribution in [3.63, 3.8) is 0 Å². The van der Waals surface area contributed by atoms with E-state index in [0.717, 1.165) is 5.56 Å². The van der Waals surface area contributed by atoms with Gasteiger partial charge in [-0.15, -0.1) is 0 Å². The molecule has 84 valence electrons. The molecule has 0 aliphatic rings. The molecule has 2 N–H and O–H groups in total. The van der Waals surface area contributed by atoms with Crippen LogP contribution < -0.4 is 10.9 Å². The molecular formula is C9H10ClN5O. The summed E-state index contributed by atoms with van der Waals surface area (Å²) in [7, 11) is 1.84. The van der Waals surface area contributed by atoms with E-state index in [9.17, 15) is 4.79 Å². The van der Waals surface area contributed by atoms with E-state index in [1.807, 2.05) is 13.2 Å². The molecule has 0 bridgehead atoms. The number of halogens is 1. The van der Waals surface area contributed by atoms with Crippen LogP contribution in [0.3, 0.4) is 0 Å². The van der Waals surface area contributed by atoms with Crippen LogP contribution >= 0.6 is 11.6 Å². The Kier molecular flexibility index (Phi) is 2.91. The Hall–Kier alpha value is -1.82. The van der Waals surface area contributed by atoms with Crippen LogP contribution in [0, 0.1) is 0 Å². The lowest BCUT2D eigenvalue weighted by atomic mass is 10.3. The summed E-state index contributed by atoms with van der Waals surface area (Å²) in [4.78, 5) is 11.1. The molecule has 0 aliphatic carbocycles. The fourth-order valence-corrected chi connectivity index (χ4v) is 1.43. The number of aromatic amines is 1. The van der Waals surface area contributed by atoms with Gasteiger partial charge in [0.05, 0.1) is 18.1 Å². The van der Waals surface area contributed by atoms with Crippen molar-refractivity contribution in [1.29, 1.82) is 0 Å². The van der Waals surface area contributed by atoms with Crippen LogP contribution in [0.5, 0.6) is 0 Å². The maximum Gasteiger partial charge on any atom is 0.285 e. The minimum absolute atomic E-state index is 0.110. The van der Waals surface area contributed by atoms with Gasteiger partial charge >= 0.3 is 0 Å². The summed E-state index contributed by atoms with van der Waals surface area (Å²) in [6.07, 6.45) is 5.09. The fraction of sp³-hybridized carbons (Fsp3) is 0.222. The van der Waals surface area contributed by atoms with Crippen molar-refractivity contribution in [3.8, 4) is 0 Å². The van der Waals surface area contributed by atoms with Gasteiger partial charge in [-0.25, -0.2) is 5.10 Å². The van der Waals surface area contributed by atoms with Gasteiger partial charge in [-0.05, 0) is 0 Å². The summed E-state index contributed by atoms with van der Waals surface area (Å²) < 4.78 is 1.70. The molecule has 6 nitrogen and oxygen atoms in total. The second-order valence-corrected chi connectivity index (χ2v) is 3.68. The highest BCUT2D eigenvalue weighted by molar-refractivity contribution is 6.32. The molecule has 0 aliphatic heterocycles. The molecule has 0 spiro atoms. The van der Waals surface area contributed by atoms with Crippen LogP contribution in [-0.4, -0.2) is 20.0 Å². The first kappa shape index (κ1) is 10.7. The number of H-pyrrole nitrogens is 1. The first-order valence-electron chi connectivity index (χ1n) is 4.61. The predicted octanol–water partition coefficient (Wildman–Crippen LogP) is 0.769. The zero-order valence-corrected chi connectivity index (χ0v) is 9.32. The maximum atomic E-state index is 11.1. The first-order chi connectivity index (χ1) is 7.66. The molecule has 0 saturated carbocycles. The van der Waals surface area contributed by atoms with Crippen molar-refractivity contribution >= 4 is 17.3 Å². The number of aromatic nitrogens is 4. The summed E-state index contributed by atoms with van der Waals surface area (Å²) in [6.45, 7) is 0.540. The lowest BCUT2D eigenvalue weighted by Crippen LogP contribution is -2.11. The Balaban J connectivity index is 2.10. The first-order valence-corrected chi connectivity index (χ1v) is 4.99. The van der Waals surface area contributed by atoms with E-state index < -0.39 is 5.56 Å². The van der Waals surface area contributed by atoms with Crippen LogP contribution in [0.1, 0.15) is 5.56 Å². The Morgan fingerprint density at radius 1 is 1.56 bits per heavy atom. The third kappa shape index (κ3) is 2.22. The van der Waals surface area contributed by atoms with Gasteiger partial charge in [-0.3, -0.25) is 9.48 Å². The molecule has 0 saturated heterocycles. The number of hydrogen-bond acceptors (Lipinski definition) is 4. The standard InChI is InChI=1S/C9H10ClN5O/c1-15-5-6(3-13-15)2-11-7-4-12-14-9(16)8(7)10/h3-5H,2H2,1H3,(H2,11,14,16). The summed E-state index contributed by atoms with van der Waals surface area (Å²) in [6, 6.07) is 0. The minimum atomic E-state index is -0.405.